The summed E-state index contributed by atoms with van der Waals surface area (Å²) in [7, 11) is 1.54. The van der Waals surface area contributed by atoms with Crippen molar-refractivity contribution in [3.8, 4) is 0 Å². The number of nitrogens with zero attached hydrogens (tertiary/aromatic N) is 1. The summed E-state index contributed by atoms with van der Waals surface area (Å²) in [6.45, 7) is 0.767. The van der Waals surface area contributed by atoms with Gasteiger partial charge in [-0.2, -0.15) is 0 Å². The first-order valence-electron chi connectivity index (χ1n) is 7.01. The molecular weight excluding hydrogens is 353 g/mol. The first-order valence-corrected chi connectivity index (χ1v) is 7.77. The number of anilines is 1. The average Bonchev–Trinajstić information content (AvgIpc) is 2.58. The third kappa shape index (κ3) is 4.67. The summed E-state index contributed by atoms with van der Waals surface area (Å²) in [6.07, 6.45) is 1.38. The number of aromatic nitrogens is 1. The van der Waals surface area contributed by atoms with Gasteiger partial charge in [-0.25, -0.2) is 0 Å². The number of para-hydroxylation sites is 1. The van der Waals surface area contributed by atoms with E-state index < -0.39 is 5.91 Å². The second-order valence-electron chi connectivity index (χ2n) is 4.73. The largest absolute Gasteiger partial charge is 0.383 e. The maximum Gasteiger partial charge on any atom is 0.274 e. The third-order valence-corrected chi connectivity index (χ3v) is 3.68. The molecule has 0 fully saturated rings. The van der Waals surface area contributed by atoms with Gasteiger partial charge in [0.2, 0.25) is 0 Å². The van der Waals surface area contributed by atoms with E-state index >= 15 is 0 Å². The van der Waals surface area contributed by atoms with Gasteiger partial charge in [-0.05, 0) is 24.3 Å². The Kier molecular flexibility index (Phi) is 6.54. The summed E-state index contributed by atoms with van der Waals surface area (Å²) >= 11 is 12.0. The van der Waals surface area contributed by atoms with Gasteiger partial charge < -0.3 is 15.4 Å². The van der Waals surface area contributed by atoms with Crippen molar-refractivity contribution in [1.82, 2.24) is 10.3 Å². The lowest BCUT2D eigenvalue weighted by molar-refractivity contribution is 0.0937. The first kappa shape index (κ1) is 18.2. The Morgan fingerprint density at radius 2 is 1.88 bits per heavy atom. The number of carbonyl (C=O) groups is 2. The number of halogens is 2. The van der Waals surface area contributed by atoms with E-state index in [-0.39, 0.29) is 11.6 Å². The van der Waals surface area contributed by atoms with Crippen LogP contribution in [0.3, 0.4) is 0 Å². The highest BCUT2D eigenvalue weighted by atomic mass is 35.5. The molecule has 1 aromatic carbocycles. The highest BCUT2D eigenvalue weighted by Crippen LogP contribution is 2.30. The number of hydrogen-bond donors (Lipinski definition) is 2. The van der Waals surface area contributed by atoms with Crippen molar-refractivity contribution in [2.75, 3.05) is 25.6 Å². The second-order valence-corrected chi connectivity index (χ2v) is 5.54. The summed E-state index contributed by atoms with van der Waals surface area (Å²) in [5.41, 5.74) is 0.685. The molecule has 2 aromatic rings. The Morgan fingerprint density at radius 1 is 1.17 bits per heavy atom. The normalized spacial score (nSPS) is 10.3. The van der Waals surface area contributed by atoms with E-state index in [1.807, 2.05) is 0 Å². The molecule has 8 heteroatoms. The van der Waals surface area contributed by atoms with E-state index in [1.165, 1.54) is 18.3 Å². The smallest absolute Gasteiger partial charge is 0.274 e. The summed E-state index contributed by atoms with van der Waals surface area (Å²) in [5, 5.41) is 5.88. The van der Waals surface area contributed by atoms with E-state index in [2.05, 4.69) is 15.6 Å². The fourth-order valence-corrected chi connectivity index (χ4v) is 2.35. The fraction of sp³-hybridized carbons (Fsp3) is 0.188. The Labute approximate surface area is 149 Å². The zero-order valence-electron chi connectivity index (χ0n) is 12.8. The van der Waals surface area contributed by atoms with Crippen LogP contribution >= 0.6 is 23.2 Å². The molecule has 0 aliphatic rings. The summed E-state index contributed by atoms with van der Waals surface area (Å²) in [6, 6.07) is 7.79. The SMILES string of the molecule is COCCNC(=O)c1ccnc(C(=O)Nc2c(Cl)cccc2Cl)c1. The maximum atomic E-state index is 12.3. The number of ether oxygens (including phenoxy) is 1. The number of carbonyl (C=O) groups excluding carboxylic acids is 2. The van der Waals surface area contributed by atoms with Gasteiger partial charge in [0.05, 0.1) is 22.3 Å². The van der Waals surface area contributed by atoms with Gasteiger partial charge in [0.25, 0.3) is 11.8 Å². The number of amides is 2. The summed E-state index contributed by atoms with van der Waals surface area (Å²) in [5.74, 6) is -0.837. The van der Waals surface area contributed by atoms with Crippen LogP contribution in [0, 0.1) is 0 Å². The predicted molar refractivity (Wildman–Crippen MR) is 92.9 cm³/mol. The van der Waals surface area contributed by atoms with Gasteiger partial charge in [-0.1, -0.05) is 29.3 Å². The molecule has 0 saturated carbocycles. The van der Waals surface area contributed by atoms with Gasteiger partial charge in [0.1, 0.15) is 5.69 Å². The Morgan fingerprint density at radius 3 is 2.54 bits per heavy atom. The number of pyridine rings is 1. The number of methoxy groups -OCH3 is 1. The quantitative estimate of drug-likeness (QED) is 0.769. The monoisotopic (exact) mass is 367 g/mol. The van der Waals surface area contributed by atoms with E-state index in [4.69, 9.17) is 27.9 Å². The van der Waals surface area contributed by atoms with Crippen LogP contribution in [0.15, 0.2) is 36.5 Å². The standard InChI is InChI=1S/C16H15Cl2N3O3/c1-24-8-7-20-15(22)10-5-6-19-13(9-10)16(23)21-14-11(17)3-2-4-12(14)18/h2-6,9H,7-8H2,1H3,(H,20,22)(H,21,23). The highest BCUT2D eigenvalue weighted by Gasteiger charge is 2.14. The second kappa shape index (κ2) is 8.63. The van der Waals surface area contributed by atoms with Crippen molar-refractivity contribution in [2.24, 2.45) is 0 Å². The van der Waals surface area contributed by atoms with E-state index in [9.17, 15) is 9.59 Å². The molecule has 0 radical (unpaired) electrons. The molecule has 1 heterocycles. The number of benzene rings is 1. The predicted octanol–water partition coefficient (Wildman–Crippen LogP) is 3.02. The number of rotatable bonds is 6. The Bertz CT molecular complexity index is 733. The molecule has 0 unspecified atom stereocenters. The van der Waals surface area contributed by atoms with Gasteiger partial charge in [0.15, 0.2) is 0 Å². The number of nitrogens with one attached hydrogen (secondary N) is 2. The molecule has 0 saturated heterocycles. The van der Waals surface area contributed by atoms with Gasteiger partial charge in [0, 0.05) is 25.4 Å². The van der Waals surface area contributed by atoms with E-state index in [1.54, 1.807) is 25.3 Å². The van der Waals surface area contributed by atoms with Crippen molar-refractivity contribution in [3.05, 3.63) is 57.8 Å². The highest BCUT2D eigenvalue weighted by molar-refractivity contribution is 6.40. The van der Waals surface area contributed by atoms with Gasteiger partial charge >= 0.3 is 0 Å². The molecule has 1 aromatic heterocycles. The molecule has 126 valence electrons. The Balaban J connectivity index is 2.13. The van der Waals surface area contributed by atoms with Crippen LogP contribution in [0.1, 0.15) is 20.8 Å². The van der Waals surface area contributed by atoms with Crippen molar-refractivity contribution in [2.45, 2.75) is 0 Å². The van der Waals surface area contributed by atoms with Crippen LogP contribution in [0.4, 0.5) is 5.69 Å². The van der Waals surface area contributed by atoms with Crippen LogP contribution in [-0.2, 0) is 4.74 Å². The minimum absolute atomic E-state index is 0.0744. The molecule has 6 nitrogen and oxygen atoms in total. The molecule has 2 rings (SSSR count). The van der Waals surface area contributed by atoms with E-state index in [0.717, 1.165) is 0 Å². The van der Waals surface area contributed by atoms with Gasteiger partial charge in [-0.3, -0.25) is 14.6 Å². The average molecular weight is 368 g/mol. The molecule has 0 aliphatic carbocycles. The van der Waals surface area contributed by atoms with Crippen molar-refractivity contribution >= 4 is 40.7 Å². The summed E-state index contributed by atoms with van der Waals surface area (Å²) in [4.78, 5) is 28.3. The minimum atomic E-state index is -0.517. The lowest BCUT2D eigenvalue weighted by Gasteiger charge is -2.09. The molecule has 0 atom stereocenters. The molecule has 2 N–H and O–H groups in total. The molecule has 0 aliphatic heterocycles. The molecule has 2 amide bonds. The van der Waals surface area contributed by atoms with Crippen LogP contribution in [-0.4, -0.2) is 37.1 Å². The Hall–Kier alpha value is -2.15. The van der Waals surface area contributed by atoms with Crippen molar-refractivity contribution < 1.29 is 14.3 Å². The fourth-order valence-electron chi connectivity index (χ4n) is 1.86. The zero-order chi connectivity index (χ0) is 17.5. The van der Waals surface area contributed by atoms with Crippen LogP contribution in [0.2, 0.25) is 10.0 Å². The molecule has 0 bridgehead atoms. The van der Waals surface area contributed by atoms with Crippen molar-refractivity contribution in [1.29, 1.82) is 0 Å². The van der Waals surface area contributed by atoms with Gasteiger partial charge in [-0.15, -0.1) is 0 Å². The maximum absolute atomic E-state index is 12.3. The lowest BCUT2D eigenvalue weighted by atomic mass is 10.2. The van der Waals surface area contributed by atoms with E-state index in [0.29, 0.717) is 34.4 Å². The third-order valence-electron chi connectivity index (χ3n) is 3.05. The first-order chi connectivity index (χ1) is 11.5. The minimum Gasteiger partial charge on any atom is -0.383 e. The topological polar surface area (TPSA) is 80.3 Å². The molecule has 24 heavy (non-hydrogen) atoms. The van der Waals surface area contributed by atoms with Crippen LogP contribution in [0.25, 0.3) is 0 Å². The lowest BCUT2D eigenvalue weighted by Crippen LogP contribution is -2.27. The summed E-state index contributed by atoms with van der Waals surface area (Å²) < 4.78 is 4.86. The van der Waals surface area contributed by atoms with Crippen molar-refractivity contribution in [3.63, 3.8) is 0 Å². The zero-order valence-corrected chi connectivity index (χ0v) is 14.3. The van der Waals surface area contributed by atoms with Crippen LogP contribution in [0.5, 0.6) is 0 Å². The number of hydrogen-bond acceptors (Lipinski definition) is 4. The molecule has 0 spiro atoms. The molecular formula is C16H15Cl2N3O3. The van der Waals surface area contributed by atoms with Crippen LogP contribution < -0.4 is 10.6 Å².